The average Bonchev–Trinajstić information content (AvgIpc) is 2.89. The van der Waals surface area contributed by atoms with Gasteiger partial charge in [0.15, 0.2) is 0 Å². The Kier molecular flexibility index (Phi) is 11.6. The van der Waals surface area contributed by atoms with E-state index in [9.17, 15) is 18.0 Å². The van der Waals surface area contributed by atoms with E-state index in [0.717, 1.165) is 17.9 Å². The van der Waals surface area contributed by atoms with Crippen molar-refractivity contribution in [2.24, 2.45) is 5.92 Å². The van der Waals surface area contributed by atoms with Crippen LogP contribution in [0.25, 0.3) is 0 Å². The zero-order valence-corrected chi connectivity index (χ0v) is 23.3. The van der Waals surface area contributed by atoms with Crippen LogP contribution in [0.15, 0.2) is 53.4 Å². The molecule has 1 aliphatic carbocycles. The van der Waals surface area contributed by atoms with Crippen molar-refractivity contribution in [3.63, 3.8) is 0 Å². The van der Waals surface area contributed by atoms with Gasteiger partial charge in [0.05, 0.1) is 17.2 Å². The Morgan fingerprint density at radius 2 is 1.71 bits per heavy atom. The van der Waals surface area contributed by atoms with Crippen LogP contribution in [-0.2, 0) is 30.9 Å². The van der Waals surface area contributed by atoms with E-state index < -0.39 is 10.0 Å². The maximum Gasteiger partial charge on any atom is 0.305 e. The fraction of sp³-hybridized carbons (Fsp3) is 0.517. The maximum absolute atomic E-state index is 13.1. The molecule has 0 spiro atoms. The first-order chi connectivity index (χ1) is 18.3. The molecular weight excluding hydrogens is 502 g/mol. The number of carbonyl (C=O) groups is 2. The van der Waals surface area contributed by atoms with Crippen LogP contribution in [-0.4, -0.2) is 32.9 Å². The van der Waals surface area contributed by atoms with Crippen molar-refractivity contribution in [2.75, 3.05) is 16.6 Å². The highest BCUT2D eigenvalue weighted by molar-refractivity contribution is 7.92. The fourth-order valence-corrected chi connectivity index (χ4v) is 5.94. The molecule has 1 fully saturated rings. The second kappa shape index (κ2) is 14.9. The lowest BCUT2D eigenvalue weighted by molar-refractivity contribution is -0.143. The van der Waals surface area contributed by atoms with E-state index in [1.54, 1.807) is 25.1 Å². The number of sulfonamides is 1. The largest absolute Gasteiger partial charge is 0.466 e. The number of benzene rings is 2. The summed E-state index contributed by atoms with van der Waals surface area (Å²) in [5.74, 6) is 0.202. The van der Waals surface area contributed by atoms with E-state index in [4.69, 9.17) is 4.74 Å². The Bertz CT molecular complexity index is 1150. The van der Waals surface area contributed by atoms with Gasteiger partial charge in [-0.25, -0.2) is 8.42 Å². The lowest BCUT2D eigenvalue weighted by atomic mass is 9.85. The number of anilines is 2. The van der Waals surface area contributed by atoms with Gasteiger partial charge in [-0.1, -0.05) is 50.3 Å². The van der Waals surface area contributed by atoms with Crippen molar-refractivity contribution in [1.82, 2.24) is 5.32 Å². The third-order valence-corrected chi connectivity index (χ3v) is 8.23. The highest BCUT2D eigenvalue weighted by Crippen LogP contribution is 2.27. The number of nitrogens with one attached hydrogen (secondary N) is 3. The third kappa shape index (κ3) is 9.76. The van der Waals surface area contributed by atoms with Crippen molar-refractivity contribution in [1.29, 1.82) is 0 Å². The molecule has 9 heteroatoms. The number of ether oxygens (including phenoxy) is 1. The first kappa shape index (κ1) is 29.6. The van der Waals surface area contributed by atoms with E-state index in [1.807, 2.05) is 18.2 Å². The molecule has 0 aliphatic heterocycles. The number of rotatable bonds is 14. The van der Waals surface area contributed by atoms with Gasteiger partial charge in [-0.2, -0.15) is 0 Å². The summed E-state index contributed by atoms with van der Waals surface area (Å²) in [7, 11) is -3.81. The van der Waals surface area contributed by atoms with Gasteiger partial charge in [0, 0.05) is 31.1 Å². The molecule has 2 aromatic carbocycles. The minimum atomic E-state index is -3.81. The van der Waals surface area contributed by atoms with Crippen molar-refractivity contribution >= 4 is 33.3 Å². The Morgan fingerprint density at radius 3 is 2.42 bits per heavy atom. The van der Waals surface area contributed by atoms with Gasteiger partial charge >= 0.3 is 5.97 Å². The molecule has 1 atom stereocenters. The van der Waals surface area contributed by atoms with E-state index in [1.165, 1.54) is 44.2 Å². The molecule has 3 N–H and O–H groups in total. The van der Waals surface area contributed by atoms with Crippen LogP contribution >= 0.6 is 0 Å². The molecule has 1 aliphatic rings. The molecule has 0 saturated heterocycles. The minimum absolute atomic E-state index is 0.103. The molecule has 0 radical (unpaired) electrons. The van der Waals surface area contributed by atoms with E-state index >= 15 is 0 Å². The number of esters is 1. The number of hydrogen-bond acceptors (Lipinski definition) is 6. The van der Waals surface area contributed by atoms with Gasteiger partial charge in [0.1, 0.15) is 0 Å². The maximum atomic E-state index is 13.1. The van der Waals surface area contributed by atoms with Crippen LogP contribution < -0.4 is 15.4 Å². The molecule has 0 bridgehead atoms. The van der Waals surface area contributed by atoms with Gasteiger partial charge in [-0.05, 0) is 68.5 Å². The Labute approximate surface area is 227 Å². The molecule has 38 heavy (non-hydrogen) atoms. The van der Waals surface area contributed by atoms with Crippen molar-refractivity contribution in [2.45, 2.75) is 89.1 Å². The predicted molar refractivity (Wildman–Crippen MR) is 150 cm³/mol. The van der Waals surface area contributed by atoms with Gasteiger partial charge in [0.25, 0.3) is 10.0 Å². The lowest BCUT2D eigenvalue weighted by Crippen LogP contribution is -2.29. The van der Waals surface area contributed by atoms with Crippen LogP contribution in [0.1, 0.15) is 77.2 Å². The topological polar surface area (TPSA) is 114 Å². The van der Waals surface area contributed by atoms with Crippen LogP contribution in [0.5, 0.6) is 0 Å². The second-order valence-corrected chi connectivity index (χ2v) is 11.7. The van der Waals surface area contributed by atoms with Crippen LogP contribution in [0.3, 0.4) is 0 Å². The molecule has 1 saturated carbocycles. The van der Waals surface area contributed by atoms with Crippen molar-refractivity contribution in [3.8, 4) is 0 Å². The third-order valence-electron chi connectivity index (χ3n) is 6.85. The normalized spacial score (nSPS) is 15.0. The summed E-state index contributed by atoms with van der Waals surface area (Å²) in [6.07, 6.45) is 8.49. The average molecular weight is 544 g/mol. The molecule has 1 amide bonds. The molecule has 0 unspecified atom stereocenters. The van der Waals surface area contributed by atoms with Gasteiger partial charge in [0.2, 0.25) is 5.91 Å². The summed E-state index contributed by atoms with van der Waals surface area (Å²) in [5.41, 5.74) is 1.92. The van der Waals surface area contributed by atoms with Crippen molar-refractivity contribution < 1.29 is 22.7 Å². The van der Waals surface area contributed by atoms with Gasteiger partial charge in [-0.3, -0.25) is 14.3 Å². The summed E-state index contributed by atoms with van der Waals surface area (Å²) in [4.78, 5) is 23.6. The molecule has 208 valence electrons. The highest BCUT2D eigenvalue weighted by Gasteiger charge is 2.18. The predicted octanol–water partition coefficient (Wildman–Crippen LogP) is 5.61. The number of carbonyl (C=O) groups excluding carboxylic acids is 2. The summed E-state index contributed by atoms with van der Waals surface area (Å²) < 4.78 is 33.7. The molecule has 0 heterocycles. The molecular formula is C29H41N3O5S. The summed E-state index contributed by atoms with van der Waals surface area (Å²) in [6.45, 7) is 4.83. The van der Waals surface area contributed by atoms with E-state index in [2.05, 4.69) is 22.3 Å². The number of amides is 1. The van der Waals surface area contributed by atoms with Crippen LogP contribution in [0, 0.1) is 5.92 Å². The van der Waals surface area contributed by atoms with Gasteiger partial charge < -0.3 is 15.4 Å². The van der Waals surface area contributed by atoms with Crippen LogP contribution in [0.2, 0.25) is 0 Å². The molecule has 3 rings (SSSR count). The minimum Gasteiger partial charge on any atom is -0.466 e. The first-order valence-corrected chi connectivity index (χ1v) is 15.1. The SMILES string of the molecule is CCOC(=O)CCCC(=O)Nc1ccc(S(=O)(=O)Nc2ccccc2CN[C@@H](C)CC2CCCCC2)cc1. The Balaban J connectivity index is 1.53. The van der Waals surface area contributed by atoms with Crippen LogP contribution in [0.4, 0.5) is 11.4 Å². The second-order valence-electron chi connectivity index (χ2n) is 10.0. The van der Waals surface area contributed by atoms with E-state index in [-0.39, 0.29) is 29.6 Å². The monoisotopic (exact) mass is 543 g/mol. The smallest absolute Gasteiger partial charge is 0.305 e. The first-order valence-electron chi connectivity index (χ1n) is 13.7. The van der Waals surface area contributed by atoms with E-state index in [0.29, 0.717) is 37.0 Å². The highest BCUT2D eigenvalue weighted by atomic mass is 32.2. The summed E-state index contributed by atoms with van der Waals surface area (Å²) >= 11 is 0. The lowest BCUT2D eigenvalue weighted by Gasteiger charge is -2.25. The molecule has 8 nitrogen and oxygen atoms in total. The fourth-order valence-electron chi connectivity index (χ4n) is 4.84. The zero-order chi connectivity index (χ0) is 27.4. The Hall–Kier alpha value is -2.91. The Morgan fingerprint density at radius 1 is 1.00 bits per heavy atom. The standard InChI is InChI=1S/C29H41N3O5S/c1-3-37-29(34)15-9-14-28(33)31-25-16-18-26(19-17-25)38(35,36)32-27-13-8-7-12-24(27)21-30-22(2)20-23-10-5-4-6-11-23/h7-8,12-13,16-19,22-23,30,32H,3-6,9-11,14-15,20-21H2,1-2H3,(H,31,33)/t22-/m0/s1. The zero-order valence-electron chi connectivity index (χ0n) is 22.5. The number of para-hydroxylation sites is 1. The number of hydrogen-bond donors (Lipinski definition) is 3. The summed E-state index contributed by atoms with van der Waals surface area (Å²) in [6, 6.07) is 13.8. The van der Waals surface area contributed by atoms with Crippen molar-refractivity contribution in [3.05, 3.63) is 54.1 Å². The quantitative estimate of drug-likeness (QED) is 0.267. The molecule has 0 aromatic heterocycles. The summed E-state index contributed by atoms with van der Waals surface area (Å²) in [5, 5.41) is 6.29. The molecule has 2 aromatic rings. The van der Waals surface area contributed by atoms with Gasteiger partial charge in [-0.15, -0.1) is 0 Å².